The number of nitrogens with one attached hydrogen (secondary N) is 1. The number of anilines is 1. The molecule has 0 atom stereocenters. The summed E-state index contributed by atoms with van der Waals surface area (Å²) in [4.78, 5) is 8.45. The molecule has 0 unspecified atom stereocenters. The van der Waals surface area contributed by atoms with Crippen molar-refractivity contribution in [3.8, 4) is 0 Å². The third kappa shape index (κ3) is 1.33. The van der Waals surface area contributed by atoms with E-state index in [4.69, 9.17) is 0 Å². The molecule has 0 amide bonds. The van der Waals surface area contributed by atoms with E-state index in [1.165, 1.54) is 0 Å². The fourth-order valence-electron chi connectivity index (χ4n) is 1.42. The predicted octanol–water partition coefficient (Wildman–Crippen LogP) is 1.98. The van der Waals surface area contributed by atoms with Crippen LogP contribution < -0.4 is 5.32 Å². The molecule has 66 valence electrons. The Bertz CT molecular complexity index is 437. The average molecular weight is 173 g/mol. The van der Waals surface area contributed by atoms with E-state index in [0.717, 1.165) is 22.3 Å². The first kappa shape index (κ1) is 7.98. The normalized spacial score (nSPS) is 10.3. The molecule has 0 saturated heterocycles. The van der Waals surface area contributed by atoms with E-state index in [1.807, 2.05) is 32.3 Å². The van der Waals surface area contributed by atoms with Gasteiger partial charge in [0, 0.05) is 35.9 Å². The number of nitrogens with zero attached hydrogens (tertiary/aromatic N) is 2. The van der Waals surface area contributed by atoms with Crippen molar-refractivity contribution in [2.24, 2.45) is 0 Å². The van der Waals surface area contributed by atoms with Crippen molar-refractivity contribution >= 4 is 16.6 Å². The highest BCUT2D eigenvalue weighted by atomic mass is 15.0. The van der Waals surface area contributed by atoms with Crippen molar-refractivity contribution < 1.29 is 0 Å². The highest BCUT2D eigenvalue weighted by molar-refractivity contribution is 5.91. The fraction of sp³-hybridized carbons (Fsp3) is 0.200. The van der Waals surface area contributed by atoms with E-state index in [9.17, 15) is 0 Å². The van der Waals surface area contributed by atoms with Gasteiger partial charge in [0.05, 0.1) is 0 Å². The Kier molecular flexibility index (Phi) is 1.85. The zero-order valence-electron chi connectivity index (χ0n) is 7.70. The van der Waals surface area contributed by atoms with Crippen molar-refractivity contribution in [3.05, 3.63) is 30.2 Å². The largest absolute Gasteiger partial charge is 0.373 e. The summed E-state index contributed by atoms with van der Waals surface area (Å²) in [5.41, 5.74) is 1.00. The second kappa shape index (κ2) is 3.01. The van der Waals surface area contributed by atoms with Gasteiger partial charge in [-0.05, 0) is 19.1 Å². The molecule has 3 nitrogen and oxygen atoms in total. The number of hydrogen-bond acceptors (Lipinski definition) is 3. The van der Waals surface area contributed by atoms with E-state index >= 15 is 0 Å². The summed E-state index contributed by atoms with van der Waals surface area (Å²) >= 11 is 0. The molecule has 3 heteroatoms. The molecule has 13 heavy (non-hydrogen) atoms. The van der Waals surface area contributed by atoms with Gasteiger partial charge in [-0.3, -0.25) is 4.98 Å². The third-order valence-electron chi connectivity index (χ3n) is 2.00. The Morgan fingerprint density at radius 1 is 1.38 bits per heavy atom. The van der Waals surface area contributed by atoms with E-state index in [0.29, 0.717) is 0 Å². The second-order valence-corrected chi connectivity index (χ2v) is 2.96. The van der Waals surface area contributed by atoms with Crippen molar-refractivity contribution in [1.29, 1.82) is 0 Å². The summed E-state index contributed by atoms with van der Waals surface area (Å²) in [5.74, 6) is 0.914. The maximum atomic E-state index is 4.38. The Morgan fingerprint density at radius 2 is 2.23 bits per heavy atom. The van der Waals surface area contributed by atoms with Crippen LogP contribution in [0, 0.1) is 6.92 Å². The van der Waals surface area contributed by atoms with Crippen molar-refractivity contribution in [2.75, 3.05) is 12.4 Å². The van der Waals surface area contributed by atoms with Gasteiger partial charge in [0.1, 0.15) is 5.82 Å². The number of hydrogen-bond donors (Lipinski definition) is 1. The van der Waals surface area contributed by atoms with Crippen LogP contribution >= 0.6 is 0 Å². The van der Waals surface area contributed by atoms with Gasteiger partial charge in [0.15, 0.2) is 0 Å². The van der Waals surface area contributed by atoms with E-state index in [1.54, 1.807) is 6.20 Å². The van der Waals surface area contributed by atoms with Crippen LogP contribution in [0.3, 0.4) is 0 Å². The van der Waals surface area contributed by atoms with Gasteiger partial charge in [-0.1, -0.05) is 0 Å². The van der Waals surface area contributed by atoms with Gasteiger partial charge in [-0.2, -0.15) is 0 Å². The minimum absolute atomic E-state index is 0.914. The SMILES string of the molecule is CNc1nc(C)cc2cnccc12. The number of pyridine rings is 2. The first-order chi connectivity index (χ1) is 6.31. The summed E-state index contributed by atoms with van der Waals surface area (Å²) in [6, 6.07) is 4.00. The number of rotatable bonds is 1. The summed E-state index contributed by atoms with van der Waals surface area (Å²) in [6.07, 6.45) is 3.63. The summed E-state index contributed by atoms with van der Waals surface area (Å²) in [7, 11) is 1.88. The molecule has 0 aromatic carbocycles. The number of aromatic nitrogens is 2. The number of fused-ring (bicyclic) bond motifs is 1. The van der Waals surface area contributed by atoms with Gasteiger partial charge in [-0.25, -0.2) is 4.98 Å². The molecule has 2 aromatic heterocycles. The Balaban J connectivity index is 2.81. The van der Waals surface area contributed by atoms with Crippen LogP contribution in [0.25, 0.3) is 10.8 Å². The lowest BCUT2D eigenvalue weighted by Crippen LogP contribution is -1.95. The molecular weight excluding hydrogens is 162 g/mol. The molecule has 0 radical (unpaired) electrons. The molecule has 2 aromatic rings. The molecule has 0 fully saturated rings. The maximum Gasteiger partial charge on any atom is 0.133 e. The third-order valence-corrected chi connectivity index (χ3v) is 2.00. The average Bonchev–Trinajstić information content (AvgIpc) is 2.16. The molecule has 0 bridgehead atoms. The minimum Gasteiger partial charge on any atom is -0.373 e. The van der Waals surface area contributed by atoms with Crippen LogP contribution in [-0.2, 0) is 0 Å². The maximum absolute atomic E-state index is 4.38. The summed E-state index contributed by atoms with van der Waals surface area (Å²) < 4.78 is 0. The van der Waals surface area contributed by atoms with Crippen LogP contribution in [0.1, 0.15) is 5.69 Å². The smallest absolute Gasteiger partial charge is 0.133 e. The topological polar surface area (TPSA) is 37.8 Å². The van der Waals surface area contributed by atoms with Crippen molar-refractivity contribution in [3.63, 3.8) is 0 Å². The molecule has 0 saturated carbocycles. The van der Waals surface area contributed by atoms with Crippen molar-refractivity contribution in [1.82, 2.24) is 9.97 Å². The van der Waals surface area contributed by atoms with Crippen LogP contribution in [-0.4, -0.2) is 17.0 Å². The monoisotopic (exact) mass is 173 g/mol. The van der Waals surface area contributed by atoms with Crippen LogP contribution in [0.15, 0.2) is 24.5 Å². The fourth-order valence-corrected chi connectivity index (χ4v) is 1.42. The quantitative estimate of drug-likeness (QED) is 0.716. The van der Waals surface area contributed by atoms with E-state index in [-0.39, 0.29) is 0 Å². The van der Waals surface area contributed by atoms with Crippen LogP contribution in [0.4, 0.5) is 5.82 Å². The highest BCUT2D eigenvalue weighted by Crippen LogP contribution is 2.20. The standard InChI is InChI=1S/C10H11N3/c1-7-5-8-6-12-4-3-9(8)10(11-2)13-7/h3-6H,1-2H3,(H,11,13). The minimum atomic E-state index is 0.914. The zero-order valence-corrected chi connectivity index (χ0v) is 7.70. The van der Waals surface area contributed by atoms with Gasteiger partial charge in [-0.15, -0.1) is 0 Å². The molecule has 1 N–H and O–H groups in total. The van der Waals surface area contributed by atoms with Crippen LogP contribution in [0.5, 0.6) is 0 Å². The summed E-state index contributed by atoms with van der Waals surface area (Å²) in [5, 5.41) is 5.31. The van der Waals surface area contributed by atoms with Gasteiger partial charge in [0.25, 0.3) is 0 Å². The molecular formula is C10H11N3. The van der Waals surface area contributed by atoms with Gasteiger partial charge >= 0.3 is 0 Å². The molecule has 0 aliphatic rings. The first-order valence-corrected chi connectivity index (χ1v) is 4.20. The lowest BCUT2D eigenvalue weighted by Gasteiger charge is -2.05. The van der Waals surface area contributed by atoms with Crippen molar-refractivity contribution in [2.45, 2.75) is 6.92 Å². The van der Waals surface area contributed by atoms with E-state index < -0.39 is 0 Å². The highest BCUT2D eigenvalue weighted by Gasteiger charge is 2.00. The van der Waals surface area contributed by atoms with Crippen LogP contribution in [0.2, 0.25) is 0 Å². The molecule has 2 rings (SSSR count). The molecule has 0 aliphatic heterocycles. The molecule has 0 spiro atoms. The Labute approximate surface area is 76.8 Å². The Morgan fingerprint density at radius 3 is 3.00 bits per heavy atom. The lowest BCUT2D eigenvalue weighted by molar-refractivity contribution is 1.20. The second-order valence-electron chi connectivity index (χ2n) is 2.96. The molecule has 0 aliphatic carbocycles. The molecule has 2 heterocycles. The summed E-state index contributed by atoms with van der Waals surface area (Å²) in [6.45, 7) is 1.98. The van der Waals surface area contributed by atoms with E-state index in [2.05, 4.69) is 15.3 Å². The number of aryl methyl sites for hydroxylation is 1. The van der Waals surface area contributed by atoms with Gasteiger partial charge < -0.3 is 5.32 Å². The predicted molar refractivity (Wildman–Crippen MR) is 53.8 cm³/mol. The van der Waals surface area contributed by atoms with Gasteiger partial charge in [0.2, 0.25) is 0 Å². The lowest BCUT2D eigenvalue weighted by atomic mass is 10.2. The Hall–Kier alpha value is -1.64. The first-order valence-electron chi connectivity index (χ1n) is 4.20. The zero-order chi connectivity index (χ0) is 9.26.